The van der Waals surface area contributed by atoms with E-state index < -0.39 is 24.2 Å². The largest absolute Gasteiger partial charge is 0.454 e. The van der Waals surface area contributed by atoms with Gasteiger partial charge in [-0.15, -0.1) is 0 Å². The van der Waals surface area contributed by atoms with Gasteiger partial charge in [-0.1, -0.05) is 17.7 Å². The van der Waals surface area contributed by atoms with Crippen molar-refractivity contribution >= 4 is 34.2 Å². The van der Waals surface area contributed by atoms with Gasteiger partial charge in [-0.2, -0.15) is 18.3 Å². The Bertz CT molecular complexity index is 1480. The van der Waals surface area contributed by atoms with Gasteiger partial charge < -0.3 is 25.1 Å². The predicted octanol–water partition coefficient (Wildman–Crippen LogP) is 5.34. The minimum atomic E-state index is -4.56. The number of hydrogen-bond donors (Lipinski definition) is 3. The van der Waals surface area contributed by atoms with Gasteiger partial charge in [0.05, 0.1) is 12.6 Å². The van der Waals surface area contributed by atoms with Crippen molar-refractivity contribution in [1.29, 1.82) is 0 Å². The normalized spacial score (nSPS) is 18.7. The first-order valence-electron chi connectivity index (χ1n) is 11.1. The summed E-state index contributed by atoms with van der Waals surface area (Å²) in [5, 5.41) is 11.3. The summed E-state index contributed by atoms with van der Waals surface area (Å²) in [5.74, 6) is 0.549. The maximum absolute atomic E-state index is 14.0. The number of rotatable bonds is 4. The zero-order valence-electron chi connectivity index (χ0n) is 18.5. The molecule has 36 heavy (non-hydrogen) atoms. The molecule has 0 saturated carbocycles. The molecule has 2 atom stereocenters. The number of halogens is 4. The molecule has 0 fully saturated rings. The lowest BCUT2D eigenvalue weighted by Crippen LogP contribution is -2.35. The lowest BCUT2D eigenvalue weighted by molar-refractivity contribution is -0.173. The van der Waals surface area contributed by atoms with E-state index in [9.17, 15) is 18.0 Å². The molecule has 12 heteroatoms. The summed E-state index contributed by atoms with van der Waals surface area (Å²) >= 11 is 6.01. The standard InChI is InChI=1S/C24H19ClF3N5O3/c25-14-2-3-16-13(5-14)6-15(30-16)10-29-23(34)18-9-22-31-17(8-21(24(26,27)28)33(22)32-18)12-1-4-19-20(7-12)36-11-35-19/h1-7,9,17,21,30-31H,8,10-11H2,(H,29,34)/t17-,21-/m1/s1. The van der Waals surface area contributed by atoms with Gasteiger partial charge in [0.2, 0.25) is 6.79 Å². The number of alkyl halides is 3. The molecule has 6 rings (SSSR count). The SMILES string of the molecule is O=C(NCc1cc2cc(Cl)ccc2[nH]1)c1cc2n(n1)[C@@H](C(F)(F)F)C[C@H](c1ccc3c(c1)OCO3)N2. The van der Waals surface area contributed by atoms with E-state index in [0.29, 0.717) is 22.1 Å². The minimum Gasteiger partial charge on any atom is -0.454 e. The lowest BCUT2D eigenvalue weighted by Gasteiger charge is -2.33. The molecule has 0 aliphatic carbocycles. The van der Waals surface area contributed by atoms with Gasteiger partial charge in [-0.25, -0.2) is 4.68 Å². The summed E-state index contributed by atoms with van der Waals surface area (Å²) < 4.78 is 53.5. The van der Waals surface area contributed by atoms with Crippen molar-refractivity contribution in [2.45, 2.75) is 31.2 Å². The van der Waals surface area contributed by atoms with Crippen LogP contribution in [0.15, 0.2) is 48.5 Å². The van der Waals surface area contributed by atoms with Gasteiger partial charge >= 0.3 is 6.18 Å². The van der Waals surface area contributed by atoms with Crippen LogP contribution in [0.25, 0.3) is 10.9 Å². The zero-order chi connectivity index (χ0) is 25.0. The number of amides is 1. The first-order chi connectivity index (χ1) is 17.2. The Hall–Kier alpha value is -3.86. The molecular weight excluding hydrogens is 499 g/mol. The zero-order valence-corrected chi connectivity index (χ0v) is 19.3. The van der Waals surface area contributed by atoms with Crippen molar-refractivity contribution in [2.24, 2.45) is 0 Å². The molecular formula is C24H19ClF3N5O3. The first-order valence-corrected chi connectivity index (χ1v) is 11.5. The molecule has 0 radical (unpaired) electrons. The number of benzene rings is 2. The minimum absolute atomic E-state index is 0.0690. The van der Waals surface area contributed by atoms with E-state index in [1.165, 1.54) is 6.07 Å². The van der Waals surface area contributed by atoms with E-state index in [4.69, 9.17) is 21.1 Å². The summed E-state index contributed by atoms with van der Waals surface area (Å²) in [6.07, 6.45) is -4.85. The Morgan fingerprint density at radius 2 is 1.97 bits per heavy atom. The van der Waals surface area contributed by atoms with E-state index in [2.05, 4.69) is 20.7 Å². The maximum Gasteiger partial charge on any atom is 0.410 e. The number of ether oxygens (including phenoxy) is 2. The van der Waals surface area contributed by atoms with Gasteiger partial charge in [0.15, 0.2) is 23.2 Å². The average molecular weight is 518 g/mol. The molecule has 2 aliphatic rings. The average Bonchev–Trinajstić information content (AvgIpc) is 3.57. The molecule has 8 nitrogen and oxygen atoms in total. The second kappa shape index (κ2) is 8.37. The summed E-state index contributed by atoms with van der Waals surface area (Å²) in [7, 11) is 0. The van der Waals surface area contributed by atoms with Crippen LogP contribution in [-0.2, 0) is 6.54 Å². The van der Waals surface area contributed by atoms with Crippen LogP contribution in [0.4, 0.5) is 19.0 Å². The van der Waals surface area contributed by atoms with Gasteiger partial charge in [-0.05, 0) is 42.0 Å². The smallest absolute Gasteiger partial charge is 0.410 e. The second-order valence-corrected chi connectivity index (χ2v) is 9.11. The number of aromatic nitrogens is 3. The Morgan fingerprint density at radius 1 is 1.14 bits per heavy atom. The van der Waals surface area contributed by atoms with E-state index in [-0.39, 0.29) is 31.3 Å². The van der Waals surface area contributed by atoms with E-state index in [1.54, 1.807) is 30.3 Å². The molecule has 0 saturated heterocycles. The quantitative estimate of drug-likeness (QED) is 0.340. The first kappa shape index (κ1) is 22.6. The van der Waals surface area contributed by atoms with Crippen LogP contribution in [0.2, 0.25) is 5.02 Å². The van der Waals surface area contributed by atoms with E-state index in [0.717, 1.165) is 21.3 Å². The van der Waals surface area contributed by atoms with Crippen LogP contribution in [0, 0.1) is 0 Å². The molecule has 186 valence electrons. The number of carbonyl (C=O) groups is 1. The highest BCUT2D eigenvalue weighted by Gasteiger charge is 2.47. The predicted molar refractivity (Wildman–Crippen MR) is 125 cm³/mol. The molecule has 0 bridgehead atoms. The highest BCUT2D eigenvalue weighted by molar-refractivity contribution is 6.31. The fraction of sp³-hybridized carbons (Fsp3) is 0.250. The second-order valence-electron chi connectivity index (χ2n) is 8.67. The van der Waals surface area contributed by atoms with Gasteiger partial charge in [0, 0.05) is 34.1 Å². The summed E-state index contributed by atoms with van der Waals surface area (Å²) in [6, 6.07) is 11.0. The molecule has 0 spiro atoms. The molecule has 4 aromatic rings. The van der Waals surface area contributed by atoms with Crippen molar-refractivity contribution in [1.82, 2.24) is 20.1 Å². The highest BCUT2D eigenvalue weighted by Crippen LogP contribution is 2.45. The third-order valence-electron chi connectivity index (χ3n) is 6.30. The summed E-state index contributed by atoms with van der Waals surface area (Å²) in [5.41, 5.74) is 2.08. The Balaban J connectivity index is 1.23. The molecule has 4 heterocycles. The van der Waals surface area contributed by atoms with Crippen molar-refractivity contribution < 1.29 is 27.4 Å². The van der Waals surface area contributed by atoms with Gasteiger partial charge in [0.25, 0.3) is 5.91 Å². The molecule has 0 unspecified atom stereocenters. The number of H-pyrrole nitrogens is 1. The topological polar surface area (TPSA) is 93.2 Å². The maximum atomic E-state index is 14.0. The number of fused-ring (bicyclic) bond motifs is 3. The fourth-order valence-electron chi connectivity index (χ4n) is 4.56. The number of anilines is 1. The van der Waals surface area contributed by atoms with Gasteiger partial charge in [-0.3, -0.25) is 4.79 Å². The van der Waals surface area contributed by atoms with Crippen molar-refractivity contribution in [3.63, 3.8) is 0 Å². The molecule has 2 aliphatic heterocycles. The number of hydrogen-bond acceptors (Lipinski definition) is 5. The number of nitrogens with zero attached hydrogens (tertiary/aromatic N) is 2. The van der Waals surface area contributed by atoms with Crippen LogP contribution in [0.5, 0.6) is 11.5 Å². The van der Waals surface area contributed by atoms with Crippen molar-refractivity contribution in [3.05, 3.63) is 70.5 Å². The van der Waals surface area contributed by atoms with Crippen LogP contribution in [0.3, 0.4) is 0 Å². The van der Waals surface area contributed by atoms with Crippen LogP contribution in [-0.4, -0.2) is 33.6 Å². The highest BCUT2D eigenvalue weighted by atomic mass is 35.5. The van der Waals surface area contributed by atoms with Crippen molar-refractivity contribution in [2.75, 3.05) is 12.1 Å². The molecule has 1 amide bonds. The molecule has 2 aromatic carbocycles. The fourth-order valence-corrected chi connectivity index (χ4v) is 4.74. The van der Waals surface area contributed by atoms with Gasteiger partial charge in [0.1, 0.15) is 5.82 Å². The van der Waals surface area contributed by atoms with Crippen LogP contribution in [0.1, 0.15) is 40.3 Å². The number of nitrogens with one attached hydrogen (secondary N) is 3. The third-order valence-corrected chi connectivity index (χ3v) is 6.53. The van der Waals surface area contributed by atoms with E-state index >= 15 is 0 Å². The van der Waals surface area contributed by atoms with Crippen molar-refractivity contribution in [3.8, 4) is 11.5 Å². The lowest BCUT2D eigenvalue weighted by atomic mass is 9.96. The Morgan fingerprint density at radius 3 is 2.81 bits per heavy atom. The number of carbonyl (C=O) groups excluding carboxylic acids is 1. The Labute approximate surface area is 207 Å². The summed E-state index contributed by atoms with van der Waals surface area (Å²) in [6.45, 7) is 0.211. The molecule has 3 N–H and O–H groups in total. The van der Waals surface area contributed by atoms with Crippen LogP contribution < -0.4 is 20.1 Å². The third kappa shape index (κ3) is 4.09. The molecule has 2 aromatic heterocycles. The van der Waals surface area contributed by atoms with Crippen LogP contribution >= 0.6 is 11.6 Å². The summed E-state index contributed by atoms with van der Waals surface area (Å²) in [4.78, 5) is 15.9. The van der Waals surface area contributed by atoms with E-state index in [1.807, 2.05) is 12.1 Å². The number of aromatic amines is 1. The monoisotopic (exact) mass is 517 g/mol. The Kier molecular flexibility index (Phi) is 5.25.